The number of rotatable bonds is 4. The predicted molar refractivity (Wildman–Crippen MR) is 92.5 cm³/mol. The summed E-state index contributed by atoms with van der Waals surface area (Å²) in [5, 5.41) is 0.366. The van der Waals surface area contributed by atoms with Crippen molar-refractivity contribution in [1.29, 1.82) is 0 Å². The first-order chi connectivity index (χ1) is 11.2. The largest absolute Gasteiger partial charge is 0.463 e. The molecule has 2 heterocycles. The second-order valence-electron chi connectivity index (χ2n) is 7.08. The molecule has 0 unspecified atom stereocenters. The first-order valence-electron chi connectivity index (χ1n) is 8.38. The Kier molecular flexibility index (Phi) is 6.27. The highest BCUT2D eigenvalue weighted by atomic mass is 35.5. The first-order valence-corrected chi connectivity index (χ1v) is 8.76. The number of piperidine rings is 1. The molecule has 2 rings (SSSR count). The zero-order chi connectivity index (χ0) is 17.7. The number of aryl methyl sites for hydroxylation is 1. The van der Waals surface area contributed by atoms with E-state index < -0.39 is 5.60 Å². The summed E-state index contributed by atoms with van der Waals surface area (Å²) in [6, 6.07) is 2.08. The number of amides is 1. The van der Waals surface area contributed by atoms with Crippen molar-refractivity contribution in [2.45, 2.75) is 65.0 Å². The van der Waals surface area contributed by atoms with Crippen molar-refractivity contribution in [3.63, 3.8) is 0 Å². The van der Waals surface area contributed by atoms with Crippen molar-refractivity contribution < 1.29 is 14.3 Å². The van der Waals surface area contributed by atoms with Crippen molar-refractivity contribution >= 4 is 17.7 Å². The van der Waals surface area contributed by atoms with Crippen LogP contribution in [-0.2, 0) is 4.74 Å². The summed E-state index contributed by atoms with van der Waals surface area (Å²) in [5.74, 6) is 0. The van der Waals surface area contributed by atoms with Crippen LogP contribution in [0.3, 0.4) is 0 Å². The van der Waals surface area contributed by atoms with Gasteiger partial charge in [-0.1, -0.05) is 11.6 Å². The van der Waals surface area contributed by atoms with Gasteiger partial charge < -0.3 is 14.4 Å². The fourth-order valence-corrected chi connectivity index (χ4v) is 2.95. The average molecular weight is 356 g/mol. The van der Waals surface area contributed by atoms with Crippen LogP contribution in [0.1, 0.15) is 52.1 Å². The van der Waals surface area contributed by atoms with Crippen LogP contribution in [-0.4, -0.2) is 45.8 Å². The Balaban J connectivity index is 1.90. The summed E-state index contributed by atoms with van der Waals surface area (Å²) in [7, 11) is 0. The fourth-order valence-electron chi connectivity index (χ4n) is 2.72. The quantitative estimate of drug-likeness (QED) is 0.764. The SMILES string of the molecule is Cc1cc(Cl)nc(OCC[C@@H]2CCCCN2C(=O)OC(C)(C)C)n1. The summed E-state index contributed by atoms with van der Waals surface area (Å²) in [4.78, 5) is 22.4. The lowest BCUT2D eigenvalue weighted by Gasteiger charge is -2.36. The van der Waals surface area contributed by atoms with Crippen LogP contribution in [0.15, 0.2) is 6.07 Å². The van der Waals surface area contributed by atoms with E-state index in [1.807, 2.05) is 32.6 Å². The van der Waals surface area contributed by atoms with Crippen LogP contribution in [0.5, 0.6) is 6.01 Å². The number of nitrogens with zero attached hydrogens (tertiary/aromatic N) is 3. The molecule has 1 aliphatic heterocycles. The van der Waals surface area contributed by atoms with Crippen molar-refractivity contribution in [2.24, 2.45) is 0 Å². The van der Waals surface area contributed by atoms with E-state index in [9.17, 15) is 4.79 Å². The minimum atomic E-state index is -0.484. The Morgan fingerprint density at radius 1 is 1.38 bits per heavy atom. The van der Waals surface area contributed by atoms with Gasteiger partial charge >= 0.3 is 12.1 Å². The molecule has 1 saturated heterocycles. The fraction of sp³-hybridized carbons (Fsp3) is 0.706. The van der Waals surface area contributed by atoms with E-state index in [1.165, 1.54) is 0 Å². The van der Waals surface area contributed by atoms with E-state index in [0.717, 1.165) is 31.5 Å². The molecule has 1 aliphatic rings. The summed E-state index contributed by atoms with van der Waals surface area (Å²) in [6.07, 6.45) is 3.54. The highest BCUT2D eigenvalue weighted by molar-refractivity contribution is 6.29. The molecular weight excluding hydrogens is 330 g/mol. The monoisotopic (exact) mass is 355 g/mol. The molecule has 7 heteroatoms. The number of carbonyl (C=O) groups excluding carboxylic acids is 1. The summed E-state index contributed by atoms with van der Waals surface area (Å²) >= 11 is 5.90. The van der Waals surface area contributed by atoms with Gasteiger partial charge in [-0.15, -0.1) is 0 Å². The Bertz CT molecular complexity index is 554. The Morgan fingerprint density at radius 3 is 2.79 bits per heavy atom. The number of hydrogen-bond acceptors (Lipinski definition) is 5. The van der Waals surface area contributed by atoms with Crippen LogP contribution in [0.25, 0.3) is 0 Å². The molecule has 0 N–H and O–H groups in total. The van der Waals surface area contributed by atoms with Crippen LogP contribution < -0.4 is 4.74 Å². The maximum atomic E-state index is 12.4. The lowest BCUT2D eigenvalue weighted by molar-refractivity contribution is 0.00732. The first kappa shape index (κ1) is 18.8. The average Bonchev–Trinajstić information content (AvgIpc) is 2.45. The third-order valence-electron chi connectivity index (χ3n) is 3.74. The summed E-state index contributed by atoms with van der Waals surface area (Å²) in [5.41, 5.74) is 0.278. The number of ether oxygens (including phenoxy) is 2. The maximum Gasteiger partial charge on any atom is 0.410 e. The van der Waals surface area contributed by atoms with Crippen molar-refractivity contribution in [2.75, 3.05) is 13.2 Å². The molecule has 0 bridgehead atoms. The molecule has 6 nitrogen and oxygen atoms in total. The van der Waals surface area contributed by atoms with Gasteiger partial charge in [0.25, 0.3) is 0 Å². The van der Waals surface area contributed by atoms with Gasteiger partial charge in [0.1, 0.15) is 10.8 Å². The van der Waals surface area contributed by atoms with Gasteiger partial charge in [0.2, 0.25) is 0 Å². The molecule has 134 valence electrons. The van der Waals surface area contributed by atoms with Crippen molar-refractivity contribution in [3.05, 3.63) is 16.9 Å². The molecule has 1 atom stereocenters. The molecule has 0 aromatic carbocycles. The number of aromatic nitrogens is 2. The highest BCUT2D eigenvalue weighted by Crippen LogP contribution is 2.23. The van der Waals surface area contributed by atoms with Gasteiger partial charge in [-0.2, -0.15) is 4.98 Å². The lowest BCUT2D eigenvalue weighted by Crippen LogP contribution is -2.46. The molecule has 1 aromatic rings. The van der Waals surface area contributed by atoms with Gasteiger partial charge in [-0.05, 0) is 53.0 Å². The molecule has 1 fully saturated rings. The van der Waals surface area contributed by atoms with E-state index in [1.54, 1.807) is 6.07 Å². The van der Waals surface area contributed by atoms with Gasteiger partial charge in [-0.3, -0.25) is 0 Å². The predicted octanol–water partition coefficient (Wildman–Crippen LogP) is 4.00. The second-order valence-corrected chi connectivity index (χ2v) is 7.46. The normalized spacial score (nSPS) is 18.4. The summed E-state index contributed by atoms with van der Waals surface area (Å²) < 4.78 is 11.1. The van der Waals surface area contributed by atoms with Gasteiger partial charge in [0.05, 0.1) is 6.61 Å². The minimum Gasteiger partial charge on any atom is -0.463 e. The molecule has 0 spiro atoms. The molecular formula is C17H26ClN3O3. The third-order valence-corrected chi connectivity index (χ3v) is 3.93. The van der Waals surface area contributed by atoms with Crippen molar-refractivity contribution in [1.82, 2.24) is 14.9 Å². The van der Waals surface area contributed by atoms with Gasteiger partial charge in [-0.25, -0.2) is 9.78 Å². The molecule has 1 amide bonds. The Morgan fingerprint density at radius 2 is 2.12 bits per heavy atom. The standard InChI is InChI=1S/C17H26ClN3O3/c1-12-11-14(18)20-15(19-12)23-10-8-13-7-5-6-9-21(13)16(22)24-17(2,3)4/h11,13H,5-10H2,1-4H3/t13-/m0/s1. The number of likely N-dealkylation sites (tertiary alicyclic amines) is 1. The maximum absolute atomic E-state index is 12.4. The third kappa shape index (κ3) is 5.82. The van der Waals surface area contributed by atoms with Crippen molar-refractivity contribution in [3.8, 4) is 6.01 Å². The topological polar surface area (TPSA) is 64.5 Å². The van der Waals surface area contributed by atoms with Crippen LogP contribution in [0, 0.1) is 6.92 Å². The van der Waals surface area contributed by atoms with E-state index in [4.69, 9.17) is 21.1 Å². The second kappa shape index (κ2) is 8.01. The summed E-state index contributed by atoms with van der Waals surface area (Å²) in [6.45, 7) is 8.64. The molecule has 24 heavy (non-hydrogen) atoms. The van der Waals surface area contributed by atoms with Crippen LogP contribution >= 0.6 is 11.6 Å². The zero-order valence-corrected chi connectivity index (χ0v) is 15.6. The molecule has 0 radical (unpaired) electrons. The van der Waals surface area contributed by atoms with Gasteiger partial charge in [0, 0.05) is 24.7 Å². The van der Waals surface area contributed by atoms with Crippen LogP contribution in [0.2, 0.25) is 5.15 Å². The van der Waals surface area contributed by atoms with E-state index >= 15 is 0 Å². The Hall–Kier alpha value is -1.56. The lowest BCUT2D eigenvalue weighted by atomic mass is 10.0. The smallest absolute Gasteiger partial charge is 0.410 e. The molecule has 0 saturated carbocycles. The minimum absolute atomic E-state index is 0.119. The molecule has 0 aliphatic carbocycles. The zero-order valence-electron chi connectivity index (χ0n) is 14.8. The van der Waals surface area contributed by atoms with Crippen LogP contribution in [0.4, 0.5) is 4.79 Å². The van der Waals surface area contributed by atoms with E-state index in [0.29, 0.717) is 18.2 Å². The Labute approximate surface area is 148 Å². The number of hydrogen-bond donors (Lipinski definition) is 0. The highest BCUT2D eigenvalue weighted by Gasteiger charge is 2.30. The van der Waals surface area contributed by atoms with Gasteiger partial charge in [0.15, 0.2) is 0 Å². The van der Waals surface area contributed by atoms with E-state index in [2.05, 4.69) is 9.97 Å². The molecule has 1 aromatic heterocycles. The van der Waals surface area contributed by atoms with E-state index in [-0.39, 0.29) is 18.1 Å². The number of carbonyl (C=O) groups is 1. The number of halogens is 1.